The summed E-state index contributed by atoms with van der Waals surface area (Å²) in [6, 6.07) is 7.87. The third-order valence-electron chi connectivity index (χ3n) is 3.27. The van der Waals surface area contributed by atoms with Gasteiger partial charge in [0.1, 0.15) is 0 Å². The average molecular weight is 266 g/mol. The highest BCUT2D eigenvalue weighted by molar-refractivity contribution is 7.98. The molecule has 0 spiro atoms. The van der Waals surface area contributed by atoms with Crippen molar-refractivity contribution in [1.29, 1.82) is 5.41 Å². The van der Waals surface area contributed by atoms with E-state index in [2.05, 4.69) is 0 Å². The largest absolute Gasteiger partial charge is 0.368 e. The highest BCUT2D eigenvalue weighted by Crippen LogP contribution is 2.30. The van der Waals surface area contributed by atoms with Gasteiger partial charge in [0.15, 0.2) is 5.72 Å². The number of rotatable bonds is 3. The first-order valence-corrected chi connectivity index (χ1v) is 7.02. The van der Waals surface area contributed by atoms with Gasteiger partial charge in [-0.15, -0.1) is 11.8 Å². The van der Waals surface area contributed by atoms with Crippen LogP contribution in [0.15, 0.2) is 29.2 Å². The van der Waals surface area contributed by atoms with Gasteiger partial charge in [-0.2, -0.15) is 0 Å². The smallest absolute Gasteiger partial charge is 0.215 e. The molecule has 0 aliphatic carbocycles. The minimum atomic E-state index is -1.16. The molecule has 1 unspecified atom stereocenters. The number of aliphatic hydroxyl groups is 1. The van der Waals surface area contributed by atoms with Crippen LogP contribution in [0.5, 0.6) is 0 Å². The Morgan fingerprint density at radius 3 is 2.83 bits per heavy atom. The van der Waals surface area contributed by atoms with Crippen molar-refractivity contribution in [3.63, 3.8) is 0 Å². The van der Waals surface area contributed by atoms with Gasteiger partial charge in [-0.05, 0) is 30.9 Å². The van der Waals surface area contributed by atoms with Crippen molar-refractivity contribution in [2.24, 2.45) is 5.84 Å². The van der Waals surface area contributed by atoms with Crippen LogP contribution in [0.25, 0.3) is 0 Å². The number of guanidine groups is 1. The van der Waals surface area contributed by atoms with Crippen molar-refractivity contribution in [1.82, 2.24) is 5.01 Å². The number of hydrogen-bond donors (Lipinski definition) is 3. The predicted octanol–water partition coefficient (Wildman–Crippen LogP) is 1.44. The van der Waals surface area contributed by atoms with E-state index >= 15 is 0 Å². The third kappa shape index (κ3) is 2.07. The van der Waals surface area contributed by atoms with Crippen molar-refractivity contribution in [2.45, 2.75) is 24.0 Å². The summed E-state index contributed by atoms with van der Waals surface area (Å²) >= 11 is 1.64. The normalized spacial score (nSPS) is 23.9. The second kappa shape index (κ2) is 4.79. The van der Waals surface area contributed by atoms with Gasteiger partial charge < -0.3 is 10.0 Å². The lowest BCUT2D eigenvalue weighted by atomic mass is 10.1. The molecule has 1 heterocycles. The Kier molecular flexibility index (Phi) is 3.52. The highest BCUT2D eigenvalue weighted by Gasteiger charge is 2.44. The molecule has 18 heavy (non-hydrogen) atoms. The Morgan fingerprint density at radius 1 is 1.56 bits per heavy atom. The SMILES string of the molecule is CCC1(O)CN(c2cccc(SC)c2)C(=N)N1N. The van der Waals surface area contributed by atoms with E-state index in [-0.39, 0.29) is 5.96 Å². The fourth-order valence-corrected chi connectivity index (χ4v) is 2.46. The number of hydrazine groups is 1. The molecule has 0 bridgehead atoms. The van der Waals surface area contributed by atoms with Crippen LogP contribution in [0.2, 0.25) is 0 Å². The topological polar surface area (TPSA) is 76.6 Å². The molecule has 0 radical (unpaired) electrons. The van der Waals surface area contributed by atoms with Gasteiger partial charge in [-0.1, -0.05) is 13.0 Å². The van der Waals surface area contributed by atoms with Gasteiger partial charge in [0.05, 0.1) is 6.54 Å². The number of nitrogens with two attached hydrogens (primary N) is 1. The van der Waals surface area contributed by atoms with E-state index < -0.39 is 5.72 Å². The lowest BCUT2D eigenvalue weighted by Crippen LogP contribution is -2.51. The first kappa shape index (κ1) is 13.2. The van der Waals surface area contributed by atoms with E-state index in [1.165, 1.54) is 0 Å². The number of nitrogens with zero attached hydrogens (tertiary/aromatic N) is 2. The number of hydrogen-bond acceptors (Lipinski definition) is 4. The van der Waals surface area contributed by atoms with Crippen LogP contribution < -0.4 is 10.7 Å². The van der Waals surface area contributed by atoms with Crippen molar-refractivity contribution < 1.29 is 5.11 Å². The number of nitrogens with one attached hydrogen (secondary N) is 1. The Labute approximate surface area is 111 Å². The second-order valence-corrected chi connectivity index (χ2v) is 5.20. The number of β-amino-alcohol motifs (C(OH)–C–C–N with tert-alkyl or cyclic N) is 1. The van der Waals surface area contributed by atoms with Crippen LogP contribution in [0.3, 0.4) is 0 Å². The van der Waals surface area contributed by atoms with Crippen LogP contribution in [-0.2, 0) is 0 Å². The molecule has 4 N–H and O–H groups in total. The molecule has 1 aliphatic rings. The molecule has 98 valence electrons. The molecule has 0 saturated carbocycles. The molecule has 0 amide bonds. The van der Waals surface area contributed by atoms with E-state index in [9.17, 15) is 5.11 Å². The first-order valence-electron chi connectivity index (χ1n) is 5.79. The fraction of sp³-hybridized carbons (Fsp3) is 0.417. The Balaban J connectivity index is 2.32. The molecular weight excluding hydrogens is 248 g/mol. The highest BCUT2D eigenvalue weighted by atomic mass is 32.2. The standard InChI is InChI=1S/C12H18N4OS/c1-3-12(17)8-15(11(13)16(12)14)9-5-4-6-10(7-9)18-2/h4-7,13,17H,3,8,14H2,1-2H3. The van der Waals surface area contributed by atoms with Crippen molar-refractivity contribution in [3.8, 4) is 0 Å². The minimum Gasteiger partial charge on any atom is -0.368 e. The van der Waals surface area contributed by atoms with Gasteiger partial charge in [0, 0.05) is 10.6 Å². The van der Waals surface area contributed by atoms with Gasteiger partial charge in [0.25, 0.3) is 0 Å². The fourth-order valence-electron chi connectivity index (χ4n) is 2.01. The van der Waals surface area contributed by atoms with Crippen molar-refractivity contribution in [2.75, 3.05) is 17.7 Å². The number of thioether (sulfide) groups is 1. The maximum Gasteiger partial charge on any atom is 0.215 e. The van der Waals surface area contributed by atoms with Gasteiger partial charge in [-0.3, -0.25) is 5.41 Å². The summed E-state index contributed by atoms with van der Waals surface area (Å²) in [5.74, 6) is 5.90. The molecule has 1 aromatic carbocycles. The summed E-state index contributed by atoms with van der Waals surface area (Å²) in [6.45, 7) is 2.17. The molecule has 2 rings (SSSR count). The summed E-state index contributed by atoms with van der Waals surface area (Å²) in [5, 5.41) is 19.4. The lowest BCUT2D eigenvalue weighted by Gasteiger charge is -2.26. The summed E-state index contributed by atoms with van der Waals surface area (Å²) in [7, 11) is 0. The van der Waals surface area contributed by atoms with E-state index in [0.29, 0.717) is 13.0 Å². The maximum atomic E-state index is 10.3. The van der Waals surface area contributed by atoms with Crippen LogP contribution in [0.4, 0.5) is 5.69 Å². The van der Waals surface area contributed by atoms with Gasteiger partial charge in [0.2, 0.25) is 5.96 Å². The molecule has 1 aliphatic heterocycles. The number of anilines is 1. The average Bonchev–Trinajstić information content (AvgIpc) is 2.64. The lowest BCUT2D eigenvalue weighted by molar-refractivity contribution is -0.0495. The summed E-state index contributed by atoms with van der Waals surface area (Å²) in [5.41, 5.74) is -0.279. The van der Waals surface area contributed by atoms with Crippen LogP contribution >= 0.6 is 11.8 Å². The molecule has 1 fully saturated rings. The van der Waals surface area contributed by atoms with Gasteiger partial charge in [-0.25, -0.2) is 10.9 Å². The summed E-state index contributed by atoms with van der Waals surface area (Å²) < 4.78 is 0. The zero-order valence-corrected chi connectivity index (χ0v) is 11.4. The Morgan fingerprint density at radius 2 is 2.28 bits per heavy atom. The third-order valence-corrected chi connectivity index (χ3v) is 4.00. The second-order valence-electron chi connectivity index (χ2n) is 4.32. The van der Waals surface area contributed by atoms with Crippen LogP contribution in [0.1, 0.15) is 13.3 Å². The monoisotopic (exact) mass is 266 g/mol. The van der Waals surface area contributed by atoms with E-state index in [1.807, 2.05) is 37.4 Å². The summed E-state index contributed by atoms with van der Waals surface area (Å²) in [6.07, 6.45) is 2.48. The van der Waals surface area contributed by atoms with Crippen molar-refractivity contribution >= 4 is 23.4 Å². The van der Waals surface area contributed by atoms with Gasteiger partial charge >= 0.3 is 0 Å². The molecule has 0 aromatic heterocycles. The van der Waals surface area contributed by atoms with E-state index in [1.54, 1.807) is 16.7 Å². The van der Waals surface area contributed by atoms with E-state index in [4.69, 9.17) is 11.3 Å². The Hall–Kier alpha value is -1.24. The molecular formula is C12H18N4OS. The van der Waals surface area contributed by atoms with Crippen LogP contribution in [0, 0.1) is 5.41 Å². The molecule has 6 heteroatoms. The maximum absolute atomic E-state index is 10.3. The quantitative estimate of drug-likeness (QED) is 0.570. The number of benzene rings is 1. The van der Waals surface area contributed by atoms with Crippen LogP contribution in [-0.4, -0.2) is 34.6 Å². The van der Waals surface area contributed by atoms with E-state index in [0.717, 1.165) is 15.6 Å². The molecule has 1 atom stereocenters. The zero-order chi connectivity index (χ0) is 13.3. The zero-order valence-electron chi connectivity index (χ0n) is 10.6. The molecule has 1 aromatic rings. The Bertz CT molecular complexity index is 467. The van der Waals surface area contributed by atoms with Crippen molar-refractivity contribution in [3.05, 3.63) is 24.3 Å². The molecule has 1 saturated heterocycles. The minimum absolute atomic E-state index is 0.123. The predicted molar refractivity (Wildman–Crippen MR) is 74.6 cm³/mol. The first-order chi connectivity index (χ1) is 8.51. The molecule has 5 nitrogen and oxygen atoms in total. The summed E-state index contributed by atoms with van der Waals surface area (Å²) in [4.78, 5) is 2.85.